The summed E-state index contributed by atoms with van der Waals surface area (Å²) in [6.07, 6.45) is 0.411. The lowest BCUT2D eigenvalue weighted by Crippen LogP contribution is -2.49. The minimum absolute atomic E-state index is 0.381. The molecule has 27 heavy (non-hydrogen) atoms. The summed E-state index contributed by atoms with van der Waals surface area (Å²) in [7, 11) is 1.62. The quantitative estimate of drug-likeness (QED) is 0.802. The topological polar surface area (TPSA) is 61.7 Å². The van der Waals surface area contributed by atoms with Crippen LogP contribution in [0.25, 0.3) is 0 Å². The van der Waals surface area contributed by atoms with E-state index in [0.29, 0.717) is 13.2 Å². The van der Waals surface area contributed by atoms with Gasteiger partial charge in [-0.05, 0) is 19.4 Å². The Morgan fingerprint density at radius 1 is 1.07 bits per heavy atom. The van der Waals surface area contributed by atoms with Crippen LogP contribution in [0, 0.1) is 13.8 Å². The predicted octanol–water partition coefficient (Wildman–Crippen LogP) is 1.81. The second kappa shape index (κ2) is 9.26. The molecule has 0 saturated carbocycles. The largest absolute Gasteiger partial charge is 0.389 e. The van der Waals surface area contributed by atoms with Crippen LogP contribution < -0.4 is 4.90 Å². The van der Waals surface area contributed by atoms with Crippen LogP contribution in [0.15, 0.2) is 30.3 Å². The fourth-order valence-electron chi connectivity index (χ4n) is 3.67. The maximum absolute atomic E-state index is 9.96. The molecule has 0 spiro atoms. The molecule has 0 amide bonds. The molecule has 0 bridgehead atoms. The van der Waals surface area contributed by atoms with Crippen LogP contribution in [0.1, 0.15) is 22.6 Å². The number of aliphatic hydroxyl groups is 1. The molecule has 1 aliphatic heterocycles. The van der Waals surface area contributed by atoms with Gasteiger partial charge in [0.1, 0.15) is 11.6 Å². The summed E-state index contributed by atoms with van der Waals surface area (Å²) in [5, 5.41) is 9.96. The number of hydrogen-bond acceptors (Lipinski definition) is 6. The van der Waals surface area contributed by atoms with Crippen LogP contribution >= 0.6 is 0 Å². The first-order valence-electron chi connectivity index (χ1n) is 9.59. The molecule has 2 aromatic rings. The SMILES string of the molecule is COCC(O)CN1CCN(c2nc(C)nc(C)c2Cc2ccccc2)CC1. The molecular formula is C21H30N4O2. The first-order valence-corrected chi connectivity index (χ1v) is 9.59. The van der Waals surface area contributed by atoms with Gasteiger partial charge in [0.15, 0.2) is 0 Å². The molecule has 1 saturated heterocycles. The minimum atomic E-state index is -0.432. The highest BCUT2D eigenvalue weighted by Gasteiger charge is 2.23. The summed E-state index contributed by atoms with van der Waals surface area (Å²) in [4.78, 5) is 14.1. The van der Waals surface area contributed by atoms with Crippen molar-refractivity contribution in [2.75, 3.05) is 51.3 Å². The second-order valence-electron chi connectivity index (χ2n) is 7.22. The smallest absolute Gasteiger partial charge is 0.136 e. The highest BCUT2D eigenvalue weighted by molar-refractivity contribution is 5.51. The van der Waals surface area contributed by atoms with Gasteiger partial charge in [-0.2, -0.15) is 0 Å². The van der Waals surface area contributed by atoms with Crippen molar-refractivity contribution < 1.29 is 9.84 Å². The maximum Gasteiger partial charge on any atom is 0.136 e. The third-order valence-electron chi connectivity index (χ3n) is 5.03. The van der Waals surface area contributed by atoms with Crippen molar-refractivity contribution in [2.24, 2.45) is 0 Å². The zero-order chi connectivity index (χ0) is 19.2. The number of aromatic nitrogens is 2. The zero-order valence-electron chi connectivity index (χ0n) is 16.6. The normalized spacial score (nSPS) is 16.5. The van der Waals surface area contributed by atoms with Gasteiger partial charge >= 0.3 is 0 Å². The number of β-amino-alcohol motifs (C(OH)–C–C–N with tert-alkyl or cyclic N) is 1. The lowest BCUT2D eigenvalue weighted by molar-refractivity contribution is 0.0365. The van der Waals surface area contributed by atoms with Gasteiger partial charge in [0.25, 0.3) is 0 Å². The Morgan fingerprint density at radius 2 is 1.78 bits per heavy atom. The molecule has 0 aliphatic carbocycles. The van der Waals surface area contributed by atoms with Crippen LogP contribution in [-0.2, 0) is 11.2 Å². The monoisotopic (exact) mass is 370 g/mol. The molecular weight excluding hydrogens is 340 g/mol. The van der Waals surface area contributed by atoms with Crippen LogP contribution in [0.4, 0.5) is 5.82 Å². The van der Waals surface area contributed by atoms with E-state index in [1.165, 1.54) is 11.1 Å². The molecule has 146 valence electrons. The van der Waals surface area contributed by atoms with Crippen molar-refractivity contribution >= 4 is 5.82 Å². The van der Waals surface area contributed by atoms with Crippen molar-refractivity contribution in [3.05, 3.63) is 53.0 Å². The Hall–Kier alpha value is -2.02. The number of anilines is 1. The van der Waals surface area contributed by atoms with E-state index in [4.69, 9.17) is 9.72 Å². The van der Waals surface area contributed by atoms with Crippen LogP contribution in [-0.4, -0.2) is 72.5 Å². The van der Waals surface area contributed by atoms with Gasteiger partial charge in [-0.3, -0.25) is 4.90 Å². The number of nitrogens with zero attached hydrogens (tertiary/aromatic N) is 4. The third kappa shape index (κ3) is 5.25. The van der Waals surface area contributed by atoms with Gasteiger partial charge < -0.3 is 14.7 Å². The van der Waals surface area contributed by atoms with Gasteiger partial charge in [-0.1, -0.05) is 30.3 Å². The van der Waals surface area contributed by atoms with E-state index < -0.39 is 6.10 Å². The number of ether oxygens (including phenoxy) is 1. The first kappa shape index (κ1) is 19.7. The second-order valence-corrected chi connectivity index (χ2v) is 7.22. The van der Waals surface area contributed by atoms with E-state index in [9.17, 15) is 5.11 Å². The van der Waals surface area contributed by atoms with E-state index >= 15 is 0 Å². The molecule has 1 aromatic heterocycles. The van der Waals surface area contributed by atoms with E-state index in [2.05, 4.69) is 46.0 Å². The van der Waals surface area contributed by atoms with Gasteiger partial charge in [0, 0.05) is 57.5 Å². The summed E-state index contributed by atoms with van der Waals surface area (Å²) in [5.41, 5.74) is 3.54. The molecule has 0 radical (unpaired) electrons. The Morgan fingerprint density at radius 3 is 2.44 bits per heavy atom. The number of aryl methyl sites for hydroxylation is 2. The molecule has 3 rings (SSSR count). The van der Waals surface area contributed by atoms with E-state index in [1.54, 1.807) is 7.11 Å². The van der Waals surface area contributed by atoms with Crippen molar-refractivity contribution in [2.45, 2.75) is 26.4 Å². The van der Waals surface area contributed by atoms with Crippen molar-refractivity contribution in [1.82, 2.24) is 14.9 Å². The molecule has 1 aliphatic rings. The molecule has 1 fully saturated rings. The fourth-order valence-corrected chi connectivity index (χ4v) is 3.67. The molecule has 1 aromatic carbocycles. The Balaban J connectivity index is 1.73. The number of aliphatic hydroxyl groups excluding tert-OH is 1. The van der Waals surface area contributed by atoms with Crippen LogP contribution in [0.2, 0.25) is 0 Å². The highest BCUT2D eigenvalue weighted by Crippen LogP contribution is 2.25. The van der Waals surface area contributed by atoms with Crippen LogP contribution in [0.3, 0.4) is 0 Å². The summed E-state index contributed by atoms with van der Waals surface area (Å²) in [5.74, 6) is 1.87. The first-order chi connectivity index (χ1) is 13.1. The Kier molecular flexibility index (Phi) is 6.77. The van der Waals surface area contributed by atoms with E-state index in [-0.39, 0.29) is 0 Å². The minimum Gasteiger partial charge on any atom is -0.389 e. The molecule has 1 unspecified atom stereocenters. The average Bonchev–Trinajstić information content (AvgIpc) is 2.65. The zero-order valence-corrected chi connectivity index (χ0v) is 16.6. The number of hydrogen-bond donors (Lipinski definition) is 1. The average molecular weight is 370 g/mol. The van der Waals surface area contributed by atoms with Gasteiger partial charge in [0.05, 0.1) is 12.7 Å². The molecule has 1 N–H and O–H groups in total. The van der Waals surface area contributed by atoms with Gasteiger partial charge in [-0.15, -0.1) is 0 Å². The van der Waals surface area contributed by atoms with Crippen LogP contribution in [0.5, 0.6) is 0 Å². The lowest BCUT2D eigenvalue weighted by Gasteiger charge is -2.37. The summed E-state index contributed by atoms with van der Waals surface area (Å²) in [6.45, 7) is 8.69. The van der Waals surface area contributed by atoms with E-state index in [1.807, 2.05) is 13.0 Å². The molecule has 1 atom stereocenters. The highest BCUT2D eigenvalue weighted by atomic mass is 16.5. The molecule has 6 heteroatoms. The molecule has 6 nitrogen and oxygen atoms in total. The number of rotatable bonds is 7. The molecule has 2 heterocycles. The Bertz CT molecular complexity index is 730. The Labute approximate surface area is 161 Å². The number of methoxy groups -OCH3 is 1. The third-order valence-corrected chi connectivity index (χ3v) is 5.03. The predicted molar refractivity (Wildman–Crippen MR) is 107 cm³/mol. The number of benzene rings is 1. The number of piperazine rings is 1. The van der Waals surface area contributed by atoms with E-state index in [0.717, 1.165) is 49.9 Å². The van der Waals surface area contributed by atoms with Crippen molar-refractivity contribution in [1.29, 1.82) is 0 Å². The maximum atomic E-state index is 9.96. The van der Waals surface area contributed by atoms with Crippen molar-refractivity contribution in [3.8, 4) is 0 Å². The lowest BCUT2D eigenvalue weighted by atomic mass is 10.0. The van der Waals surface area contributed by atoms with Gasteiger partial charge in [0.2, 0.25) is 0 Å². The fraction of sp³-hybridized carbons (Fsp3) is 0.524. The summed E-state index contributed by atoms with van der Waals surface area (Å²) in [6, 6.07) is 10.5. The summed E-state index contributed by atoms with van der Waals surface area (Å²) < 4.78 is 5.03. The standard InChI is InChI=1S/C21H30N4O2/c1-16-20(13-18-7-5-4-6-8-18)21(23-17(2)22-16)25-11-9-24(10-12-25)14-19(26)15-27-3/h4-8,19,26H,9-15H2,1-3H3. The van der Waals surface area contributed by atoms with Crippen molar-refractivity contribution in [3.63, 3.8) is 0 Å². The van der Waals surface area contributed by atoms with Gasteiger partial charge in [-0.25, -0.2) is 9.97 Å². The summed E-state index contributed by atoms with van der Waals surface area (Å²) >= 11 is 0.